The van der Waals surface area contributed by atoms with E-state index < -0.39 is 27.8 Å². The number of nitrogens with one attached hydrogen (secondary N) is 1. The summed E-state index contributed by atoms with van der Waals surface area (Å²) in [7, 11) is -2.57. The molecule has 0 aliphatic heterocycles. The van der Waals surface area contributed by atoms with Gasteiger partial charge in [-0.3, -0.25) is 4.79 Å². The molecule has 0 saturated heterocycles. The molecule has 0 spiro atoms. The van der Waals surface area contributed by atoms with Crippen LogP contribution in [0.2, 0.25) is 5.02 Å². The molecule has 0 saturated carbocycles. The van der Waals surface area contributed by atoms with E-state index in [4.69, 9.17) is 11.6 Å². The average molecular weight is 506 g/mol. The molecule has 182 valence electrons. The fourth-order valence-electron chi connectivity index (χ4n) is 3.32. The zero-order valence-corrected chi connectivity index (χ0v) is 19.8. The molecule has 2 aromatic carbocycles. The summed E-state index contributed by atoms with van der Waals surface area (Å²) in [5.74, 6) is -0.256. The van der Waals surface area contributed by atoms with E-state index in [2.05, 4.69) is 9.46 Å². The molecule has 5 nitrogen and oxygen atoms in total. The zero-order chi connectivity index (χ0) is 24.5. The Morgan fingerprint density at radius 3 is 2.12 bits per heavy atom. The van der Waals surface area contributed by atoms with Crippen LogP contribution in [-0.4, -0.2) is 21.5 Å². The van der Waals surface area contributed by atoms with Crippen molar-refractivity contribution in [2.75, 3.05) is 7.11 Å². The summed E-state index contributed by atoms with van der Waals surface area (Å²) in [6.45, 7) is 0. The highest BCUT2D eigenvalue weighted by Crippen LogP contribution is 2.31. The normalized spacial score (nSPS) is 13.0. The van der Waals surface area contributed by atoms with Gasteiger partial charge < -0.3 is 4.74 Å². The van der Waals surface area contributed by atoms with Gasteiger partial charge in [0.15, 0.2) is 0 Å². The standard InChI is InChI=1S/C23H27ClF3NO4S/c1-32-22(29)8-6-4-2-3-5-7-21(17-9-11-18(12-10-17)23(25,26)27)28-33(30,31)20-15-13-19(24)14-16-20/h9-16,21,28H,2-8H2,1H3. The Balaban J connectivity index is 2.06. The monoisotopic (exact) mass is 505 g/mol. The van der Waals surface area contributed by atoms with E-state index in [1.54, 1.807) is 0 Å². The highest BCUT2D eigenvalue weighted by molar-refractivity contribution is 7.89. The molecule has 0 aliphatic carbocycles. The van der Waals surface area contributed by atoms with Gasteiger partial charge in [0.05, 0.1) is 17.6 Å². The van der Waals surface area contributed by atoms with Crippen LogP contribution in [0, 0.1) is 0 Å². The third kappa shape index (κ3) is 8.98. The number of hydrogen-bond donors (Lipinski definition) is 1. The number of carbonyl (C=O) groups is 1. The largest absolute Gasteiger partial charge is 0.469 e. The number of benzene rings is 2. The third-order valence-corrected chi connectivity index (χ3v) is 6.90. The number of carbonyl (C=O) groups excluding carboxylic acids is 1. The van der Waals surface area contributed by atoms with Crippen molar-refractivity contribution in [3.05, 3.63) is 64.7 Å². The number of sulfonamides is 1. The molecule has 0 amide bonds. The third-order valence-electron chi connectivity index (χ3n) is 5.16. The van der Waals surface area contributed by atoms with Gasteiger partial charge in [-0.1, -0.05) is 49.4 Å². The van der Waals surface area contributed by atoms with Crippen molar-refractivity contribution >= 4 is 27.6 Å². The van der Waals surface area contributed by atoms with Crippen LogP contribution < -0.4 is 4.72 Å². The smallest absolute Gasteiger partial charge is 0.416 e. The molecule has 1 unspecified atom stereocenters. The lowest BCUT2D eigenvalue weighted by molar-refractivity contribution is -0.140. The predicted octanol–water partition coefficient (Wildman–Crippen LogP) is 6.28. The summed E-state index contributed by atoms with van der Waals surface area (Å²) in [6.07, 6.45) is 0.130. The summed E-state index contributed by atoms with van der Waals surface area (Å²) in [5.41, 5.74) is -0.345. The van der Waals surface area contributed by atoms with E-state index in [1.165, 1.54) is 43.5 Å². The fourth-order valence-corrected chi connectivity index (χ4v) is 4.70. The Kier molecular flexibility index (Phi) is 10.2. The number of ether oxygens (including phenoxy) is 1. The first kappa shape index (κ1) is 27.1. The van der Waals surface area contributed by atoms with E-state index >= 15 is 0 Å². The van der Waals surface area contributed by atoms with Gasteiger partial charge in [0.1, 0.15) is 0 Å². The summed E-state index contributed by atoms with van der Waals surface area (Å²) >= 11 is 5.83. The number of unbranched alkanes of at least 4 members (excludes halogenated alkanes) is 4. The van der Waals surface area contributed by atoms with E-state index in [9.17, 15) is 26.4 Å². The Morgan fingerprint density at radius 2 is 1.55 bits per heavy atom. The molecule has 1 N–H and O–H groups in total. The molecule has 0 heterocycles. The van der Waals surface area contributed by atoms with Crippen molar-refractivity contribution in [3.8, 4) is 0 Å². The molecule has 0 radical (unpaired) electrons. The van der Waals surface area contributed by atoms with Crippen molar-refractivity contribution < 1.29 is 31.1 Å². The Morgan fingerprint density at radius 1 is 0.970 bits per heavy atom. The van der Waals surface area contributed by atoms with Crippen molar-refractivity contribution in [3.63, 3.8) is 0 Å². The Labute approximate surface area is 197 Å². The second-order valence-electron chi connectivity index (χ2n) is 7.63. The second kappa shape index (κ2) is 12.4. The number of rotatable bonds is 12. The molecular formula is C23H27ClF3NO4S. The molecule has 2 aromatic rings. The first-order valence-corrected chi connectivity index (χ1v) is 12.4. The van der Waals surface area contributed by atoms with Crippen LogP contribution in [0.25, 0.3) is 0 Å². The lowest BCUT2D eigenvalue weighted by Gasteiger charge is -2.20. The van der Waals surface area contributed by atoms with Gasteiger partial charge in [-0.05, 0) is 54.8 Å². The minimum atomic E-state index is -4.47. The highest BCUT2D eigenvalue weighted by atomic mass is 35.5. The van der Waals surface area contributed by atoms with Crippen LogP contribution in [-0.2, 0) is 25.7 Å². The van der Waals surface area contributed by atoms with Gasteiger partial charge in [-0.2, -0.15) is 13.2 Å². The number of hydrogen-bond acceptors (Lipinski definition) is 4. The van der Waals surface area contributed by atoms with Crippen molar-refractivity contribution in [1.82, 2.24) is 4.72 Å². The van der Waals surface area contributed by atoms with Gasteiger partial charge in [0.25, 0.3) is 0 Å². The summed E-state index contributed by atoms with van der Waals surface area (Å²) in [4.78, 5) is 11.2. The molecule has 10 heteroatoms. The zero-order valence-electron chi connectivity index (χ0n) is 18.2. The van der Waals surface area contributed by atoms with Crippen LogP contribution in [0.1, 0.15) is 62.1 Å². The fraction of sp³-hybridized carbons (Fsp3) is 0.435. The SMILES string of the molecule is COC(=O)CCCCCCCC(NS(=O)(=O)c1ccc(Cl)cc1)c1ccc(C(F)(F)F)cc1. The maximum Gasteiger partial charge on any atom is 0.416 e. The van der Waals surface area contributed by atoms with Crippen LogP contribution in [0.15, 0.2) is 53.4 Å². The van der Waals surface area contributed by atoms with Crippen molar-refractivity contribution in [1.29, 1.82) is 0 Å². The van der Waals surface area contributed by atoms with Gasteiger partial charge >= 0.3 is 12.1 Å². The Bertz CT molecular complexity index is 994. The molecule has 0 fully saturated rings. The van der Waals surface area contributed by atoms with Gasteiger partial charge in [0, 0.05) is 17.5 Å². The van der Waals surface area contributed by atoms with Crippen LogP contribution in [0.3, 0.4) is 0 Å². The van der Waals surface area contributed by atoms with Crippen LogP contribution in [0.4, 0.5) is 13.2 Å². The maximum atomic E-state index is 12.9. The molecule has 2 rings (SSSR count). The number of esters is 1. The van der Waals surface area contributed by atoms with E-state index in [0.29, 0.717) is 36.3 Å². The molecule has 0 aliphatic rings. The first-order chi connectivity index (χ1) is 15.5. The lowest BCUT2D eigenvalue weighted by Crippen LogP contribution is -2.28. The Hall–Kier alpha value is -2.10. The van der Waals surface area contributed by atoms with Crippen molar-refractivity contribution in [2.24, 2.45) is 0 Å². The van der Waals surface area contributed by atoms with E-state index in [-0.39, 0.29) is 10.9 Å². The maximum absolute atomic E-state index is 12.9. The quantitative estimate of drug-likeness (QED) is 0.272. The van der Waals surface area contributed by atoms with Gasteiger partial charge in [-0.25, -0.2) is 13.1 Å². The molecule has 0 bridgehead atoms. The topological polar surface area (TPSA) is 72.5 Å². The van der Waals surface area contributed by atoms with Crippen molar-refractivity contribution in [2.45, 2.75) is 62.1 Å². The predicted molar refractivity (Wildman–Crippen MR) is 120 cm³/mol. The molecule has 0 aromatic heterocycles. The van der Waals surface area contributed by atoms with Crippen LogP contribution in [0.5, 0.6) is 0 Å². The summed E-state index contributed by atoms with van der Waals surface area (Å²) in [6, 6.07) is 9.46. The van der Waals surface area contributed by atoms with E-state index in [1.807, 2.05) is 0 Å². The van der Waals surface area contributed by atoms with Crippen LogP contribution >= 0.6 is 11.6 Å². The molecular weight excluding hydrogens is 479 g/mol. The number of methoxy groups -OCH3 is 1. The lowest BCUT2D eigenvalue weighted by atomic mass is 9.99. The first-order valence-electron chi connectivity index (χ1n) is 10.5. The highest BCUT2D eigenvalue weighted by Gasteiger charge is 2.30. The second-order valence-corrected chi connectivity index (χ2v) is 9.78. The average Bonchev–Trinajstić information content (AvgIpc) is 2.77. The summed E-state index contributed by atoms with van der Waals surface area (Å²) < 4.78 is 71.6. The molecule has 33 heavy (non-hydrogen) atoms. The van der Waals surface area contributed by atoms with Gasteiger partial charge in [0.2, 0.25) is 10.0 Å². The van der Waals surface area contributed by atoms with Gasteiger partial charge in [-0.15, -0.1) is 0 Å². The van der Waals surface area contributed by atoms with E-state index in [0.717, 1.165) is 31.4 Å². The number of alkyl halides is 3. The minimum Gasteiger partial charge on any atom is -0.469 e. The summed E-state index contributed by atoms with van der Waals surface area (Å²) in [5, 5.41) is 0.389. The number of halogens is 4. The molecule has 1 atom stereocenters. The minimum absolute atomic E-state index is 0.0200.